The van der Waals surface area contributed by atoms with Gasteiger partial charge in [0.1, 0.15) is 6.54 Å². The molecule has 0 bridgehead atoms. The summed E-state index contributed by atoms with van der Waals surface area (Å²) < 4.78 is 8.81. The predicted molar refractivity (Wildman–Crippen MR) is 137 cm³/mol. The lowest BCUT2D eigenvalue weighted by atomic mass is 10.1. The summed E-state index contributed by atoms with van der Waals surface area (Å²) in [4.78, 5) is 39.7. The van der Waals surface area contributed by atoms with Gasteiger partial charge in [0.15, 0.2) is 12.0 Å². The van der Waals surface area contributed by atoms with Crippen LogP contribution in [-0.4, -0.2) is 44.8 Å². The van der Waals surface area contributed by atoms with Gasteiger partial charge < -0.3 is 14.2 Å². The Morgan fingerprint density at radius 2 is 1.50 bits per heavy atom. The highest BCUT2D eigenvalue weighted by molar-refractivity contribution is 5.94. The maximum atomic E-state index is 12.9. The number of pyridine rings is 1. The molecule has 2 heterocycles. The molecule has 0 saturated carbocycles. The second-order valence-corrected chi connectivity index (χ2v) is 8.49. The number of esters is 1. The van der Waals surface area contributed by atoms with E-state index >= 15 is 0 Å². The summed E-state index contributed by atoms with van der Waals surface area (Å²) in [5.74, 6) is -0.891. The van der Waals surface area contributed by atoms with E-state index in [1.807, 2.05) is 48.7 Å². The maximum absolute atomic E-state index is 12.9. The topological polar surface area (TPSA) is 86.4 Å². The summed E-state index contributed by atoms with van der Waals surface area (Å²) in [6.45, 7) is -0.168. The molecule has 8 nitrogen and oxygen atoms in total. The number of fused-ring (bicyclic) bond motifs is 2. The molecular weight excluding hydrogens is 456 g/mol. The normalized spacial score (nSPS) is 11.0. The van der Waals surface area contributed by atoms with Crippen molar-refractivity contribution in [1.82, 2.24) is 19.2 Å². The molecule has 0 fully saturated rings. The Hall–Kier alpha value is -4.72. The summed E-state index contributed by atoms with van der Waals surface area (Å²) in [6, 6.07) is 24.0. The molecule has 0 unspecified atom stereocenters. The summed E-state index contributed by atoms with van der Waals surface area (Å²) in [5.41, 5.74) is 2.97. The number of benzene rings is 3. The maximum Gasteiger partial charge on any atom is 0.326 e. The molecule has 2 aromatic heterocycles. The number of nitrogens with zero attached hydrogens (tertiary/aromatic N) is 4. The van der Waals surface area contributed by atoms with Crippen molar-refractivity contribution in [2.75, 3.05) is 13.7 Å². The van der Waals surface area contributed by atoms with Crippen molar-refractivity contribution >= 4 is 33.7 Å². The molecule has 0 spiro atoms. The number of ether oxygens (including phenoxy) is 1. The van der Waals surface area contributed by atoms with Gasteiger partial charge in [-0.3, -0.25) is 14.4 Å². The minimum Gasteiger partial charge on any atom is -0.454 e. The van der Waals surface area contributed by atoms with E-state index in [4.69, 9.17) is 4.74 Å². The highest BCUT2D eigenvalue weighted by atomic mass is 16.5. The second-order valence-electron chi connectivity index (χ2n) is 8.49. The number of amides is 1. The average Bonchev–Trinajstić information content (AvgIpc) is 3.38. The number of likely N-dealkylation sites (N-methyl/N-ethyl adjacent to an activating group) is 1. The Morgan fingerprint density at radius 1 is 0.889 bits per heavy atom. The van der Waals surface area contributed by atoms with E-state index in [-0.39, 0.29) is 24.5 Å². The summed E-state index contributed by atoms with van der Waals surface area (Å²) in [7, 11) is 1.65. The van der Waals surface area contributed by atoms with Gasteiger partial charge in [-0.05, 0) is 36.4 Å². The minimum atomic E-state index is -0.562. The fourth-order valence-corrected chi connectivity index (χ4v) is 4.20. The Labute approximate surface area is 206 Å². The molecule has 0 radical (unpaired) electrons. The van der Waals surface area contributed by atoms with E-state index in [9.17, 15) is 14.4 Å². The number of hydrogen-bond acceptors (Lipinski definition) is 5. The standard InChI is InChI=1S/C28H24N4O4/c1-30(16-20-15-29-32(17-20)21-9-3-2-4-10-21)26(33)19-36-27(34)18-31-24-13-7-5-11-22(24)28(35)23-12-6-8-14-25(23)31/h2-15,17H,16,18-19H2,1H3. The predicted octanol–water partition coefficient (Wildman–Crippen LogP) is 3.54. The van der Waals surface area contributed by atoms with Gasteiger partial charge in [0, 0.05) is 36.1 Å². The molecular formula is C28H24N4O4. The van der Waals surface area contributed by atoms with Crippen molar-refractivity contribution in [3.8, 4) is 5.69 Å². The van der Waals surface area contributed by atoms with Crippen molar-refractivity contribution in [3.05, 3.63) is 107 Å². The van der Waals surface area contributed by atoms with Crippen LogP contribution in [0.1, 0.15) is 5.56 Å². The van der Waals surface area contributed by atoms with Gasteiger partial charge >= 0.3 is 5.97 Å². The van der Waals surface area contributed by atoms with Crippen LogP contribution >= 0.6 is 0 Å². The average molecular weight is 481 g/mol. The van der Waals surface area contributed by atoms with E-state index in [0.717, 1.165) is 11.3 Å². The third-order valence-corrected chi connectivity index (χ3v) is 6.03. The van der Waals surface area contributed by atoms with Crippen molar-refractivity contribution in [1.29, 1.82) is 0 Å². The zero-order valence-corrected chi connectivity index (χ0v) is 19.7. The van der Waals surface area contributed by atoms with Gasteiger partial charge in [0.05, 0.1) is 22.9 Å². The summed E-state index contributed by atoms with van der Waals surface area (Å²) in [5, 5.41) is 5.39. The largest absolute Gasteiger partial charge is 0.454 e. The summed E-state index contributed by atoms with van der Waals surface area (Å²) in [6.07, 6.45) is 3.56. The van der Waals surface area contributed by atoms with Gasteiger partial charge in [-0.1, -0.05) is 42.5 Å². The van der Waals surface area contributed by atoms with Crippen molar-refractivity contribution < 1.29 is 14.3 Å². The molecule has 8 heteroatoms. The van der Waals surface area contributed by atoms with Gasteiger partial charge in [-0.2, -0.15) is 5.10 Å². The van der Waals surface area contributed by atoms with Gasteiger partial charge in [-0.15, -0.1) is 0 Å². The van der Waals surface area contributed by atoms with Crippen molar-refractivity contribution in [2.45, 2.75) is 13.1 Å². The lowest BCUT2D eigenvalue weighted by molar-refractivity contribution is -0.152. The van der Waals surface area contributed by atoms with E-state index in [1.165, 1.54) is 4.90 Å². The van der Waals surface area contributed by atoms with E-state index in [2.05, 4.69) is 5.10 Å². The second kappa shape index (κ2) is 9.87. The van der Waals surface area contributed by atoms with Crippen LogP contribution in [0.3, 0.4) is 0 Å². The molecule has 1 amide bonds. The molecule has 0 aliphatic rings. The Morgan fingerprint density at radius 3 is 2.17 bits per heavy atom. The lowest BCUT2D eigenvalue weighted by Gasteiger charge is -2.17. The van der Waals surface area contributed by atoms with Crippen LogP contribution in [0.25, 0.3) is 27.5 Å². The zero-order chi connectivity index (χ0) is 25.1. The SMILES string of the molecule is CN(Cc1cnn(-c2ccccc2)c1)C(=O)COC(=O)Cn1c2ccccc2c(=O)c2ccccc21. The molecule has 0 N–H and O–H groups in total. The minimum absolute atomic E-state index is 0.0850. The lowest BCUT2D eigenvalue weighted by Crippen LogP contribution is -2.31. The number of para-hydroxylation sites is 3. The molecule has 0 aliphatic carbocycles. The molecule has 36 heavy (non-hydrogen) atoms. The monoisotopic (exact) mass is 480 g/mol. The fraction of sp³-hybridized carbons (Fsp3) is 0.143. The summed E-state index contributed by atoms with van der Waals surface area (Å²) >= 11 is 0. The van der Waals surface area contributed by atoms with Crippen LogP contribution in [-0.2, 0) is 27.4 Å². The number of aromatic nitrogens is 3. The first-order valence-corrected chi connectivity index (χ1v) is 11.5. The zero-order valence-electron chi connectivity index (χ0n) is 19.7. The van der Waals surface area contributed by atoms with Crippen LogP contribution in [0.5, 0.6) is 0 Å². The van der Waals surface area contributed by atoms with E-state index in [1.54, 1.807) is 58.9 Å². The van der Waals surface area contributed by atoms with Gasteiger partial charge in [0.25, 0.3) is 5.91 Å². The molecule has 3 aromatic carbocycles. The molecule has 0 saturated heterocycles. The van der Waals surface area contributed by atoms with Crippen molar-refractivity contribution in [3.63, 3.8) is 0 Å². The fourth-order valence-electron chi connectivity index (χ4n) is 4.20. The smallest absolute Gasteiger partial charge is 0.326 e. The highest BCUT2D eigenvalue weighted by Crippen LogP contribution is 2.19. The number of carbonyl (C=O) groups is 2. The van der Waals surface area contributed by atoms with Crippen LogP contribution in [0.2, 0.25) is 0 Å². The van der Waals surface area contributed by atoms with Crippen LogP contribution in [0, 0.1) is 0 Å². The van der Waals surface area contributed by atoms with Crippen LogP contribution < -0.4 is 5.43 Å². The number of rotatable bonds is 7. The quantitative estimate of drug-likeness (QED) is 0.263. The third kappa shape index (κ3) is 4.61. The molecule has 0 aliphatic heterocycles. The molecule has 5 aromatic rings. The number of hydrogen-bond donors (Lipinski definition) is 0. The van der Waals surface area contributed by atoms with Crippen LogP contribution in [0.4, 0.5) is 0 Å². The van der Waals surface area contributed by atoms with E-state index in [0.29, 0.717) is 28.4 Å². The Bertz CT molecular complexity index is 1560. The Kier molecular flexibility index (Phi) is 6.32. The molecule has 0 atom stereocenters. The first kappa shape index (κ1) is 23.0. The van der Waals surface area contributed by atoms with Crippen LogP contribution in [0.15, 0.2) is 96.1 Å². The van der Waals surface area contributed by atoms with E-state index < -0.39 is 5.97 Å². The Balaban J connectivity index is 1.25. The van der Waals surface area contributed by atoms with Gasteiger partial charge in [0.2, 0.25) is 0 Å². The van der Waals surface area contributed by atoms with Crippen molar-refractivity contribution in [2.24, 2.45) is 0 Å². The highest BCUT2D eigenvalue weighted by Gasteiger charge is 2.16. The first-order valence-electron chi connectivity index (χ1n) is 11.5. The van der Waals surface area contributed by atoms with Gasteiger partial charge in [-0.25, -0.2) is 4.68 Å². The third-order valence-electron chi connectivity index (χ3n) is 6.03. The number of carbonyl (C=O) groups excluding carboxylic acids is 2. The molecule has 180 valence electrons. The first-order chi connectivity index (χ1) is 17.5. The molecule has 5 rings (SSSR count).